The van der Waals surface area contributed by atoms with Gasteiger partial charge in [0.25, 0.3) is 0 Å². The topological polar surface area (TPSA) is 54.9 Å². The van der Waals surface area contributed by atoms with E-state index >= 15 is 0 Å². The molecular formula is C21H23N3OS. The van der Waals surface area contributed by atoms with Crippen molar-refractivity contribution in [1.29, 1.82) is 0 Å². The molecular weight excluding hydrogens is 342 g/mol. The maximum Gasteiger partial charge on any atom is 0.233 e. The summed E-state index contributed by atoms with van der Waals surface area (Å²) in [5.41, 5.74) is 2.19. The smallest absolute Gasteiger partial charge is 0.233 e. The second kappa shape index (κ2) is 8.81. The van der Waals surface area contributed by atoms with Gasteiger partial charge in [0.05, 0.1) is 10.8 Å². The van der Waals surface area contributed by atoms with Crippen LogP contribution in [-0.2, 0) is 11.2 Å². The van der Waals surface area contributed by atoms with Crippen LogP contribution in [0.15, 0.2) is 66.0 Å². The number of fused-ring (bicyclic) bond motifs is 1. The summed E-state index contributed by atoms with van der Waals surface area (Å²) >= 11 is 1.47. The minimum atomic E-state index is -0.215. The van der Waals surface area contributed by atoms with E-state index in [1.807, 2.05) is 49.4 Å². The highest BCUT2D eigenvalue weighted by molar-refractivity contribution is 8.00. The van der Waals surface area contributed by atoms with Gasteiger partial charge >= 0.3 is 0 Å². The van der Waals surface area contributed by atoms with E-state index in [-0.39, 0.29) is 17.2 Å². The SMILES string of the molecule is CC(CCc1ccccc1)NC(=O)C(C)Sc1ncnc2ccccc12. The number of amides is 1. The number of aromatic nitrogens is 2. The van der Waals surface area contributed by atoms with E-state index in [1.54, 1.807) is 6.33 Å². The molecule has 2 atom stereocenters. The molecule has 1 heterocycles. The highest BCUT2D eigenvalue weighted by Crippen LogP contribution is 2.27. The summed E-state index contributed by atoms with van der Waals surface area (Å²) < 4.78 is 0. The van der Waals surface area contributed by atoms with E-state index in [2.05, 4.69) is 34.3 Å². The Balaban J connectivity index is 1.55. The Morgan fingerprint density at radius 1 is 1.04 bits per heavy atom. The van der Waals surface area contributed by atoms with Crippen LogP contribution >= 0.6 is 11.8 Å². The van der Waals surface area contributed by atoms with E-state index in [9.17, 15) is 4.79 Å². The van der Waals surface area contributed by atoms with Crippen molar-refractivity contribution < 1.29 is 4.79 Å². The van der Waals surface area contributed by atoms with Gasteiger partial charge in [0.15, 0.2) is 0 Å². The van der Waals surface area contributed by atoms with Gasteiger partial charge in [-0.2, -0.15) is 0 Å². The fraction of sp³-hybridized carbons (Fsp3) is 0.286. The summed E-state index contributed by atoms with van der Waals surface area (Å²) in [6.45, 7) is 3.97. The van der Waals surface area contributed by atoms with E-state index in [0.717, 1.165) is 28.8 Å². The van der Waals surface area contributed by atoms with Gasteiger partial charge in [0, 0.05) is 11.4 Å². The number of para-hydroxylation sites is 1. The Morgan fingerprint density at radius 2 is 1.77 bits per heavy atom. The van der Waals surface area contributed by atoms with Crippen molar-refractivity contribution in [2.75, 3.05) is 0 Å². The molecule has 0 aliphatic heterocycles. The summed E-state index contributed by atoms with van der Waals surface area (Å²) in [6, 6.07) is 18.3. The largest absolute Gasteiger partial charge is 0.353 e. The van der Waals surface area contributed by atoms with E-state index in [4.69, 9.17) is 0 Å². The van der Waals surface area contributed by atoms with Crippen LogP contribution in [0.4, 0.5) is 0 Å². The average Bonchev–Trinajstić information content (AvgIpc) is 2.67. The summed E-state index contributed by atoms with van der Waals surface area (Å²) in [5, 5.41) is 4.73. The number of hydrogen-bond acceptors (Lipinski definition) is 4. The normalized spacial score (nSPS) is 13.3. The first-order valence-electron chi connectivity index (χ1n) is 8.84. The molecule has 0 fully saturated rings. The van der Waals surface area contributed by atoms with Crippen LogP contribution in [0.3, 0.4) is 0 Å². The zero-order valence-corrected chi connectivity index (χ0v) is 15.9. The zero-order chi connectivity index (χ0) is 18.4. The number of benzene rings is 2. The van der Waals surface area contributed by atoms with Crippen molar-refractivity contribution in [3.8, 4) is 0 Å². The van der Waals surface area contributed by atoms with Crippen LogP contribution in [0.5, 0.6) is 0 Å². The van der Waals surface area contributed by atoms with Gasteiger partial charge in [-0.05, 0) is 38.3 Å². The van der Waals surface area contributed by atoms with Crippen LogP contribution < -0.4 is 5.32 Å². The van der Waals surface area contributed by atoms with Gasteiger partial charge < -0.3 is 5.32 Å². The Kier molecular flexibility index (Phi) is 6.23. The minimum Gasteiger partial charge on any atom is -0.353 e. The molecule has 2 unspecified atom stereocenters. The number of thioether (sulfide) groups is 1. The molecule has 1 aromatic heterocycles. The Bertz CT molecular complexity index is 864. The lowest BCUT2D eigenvalue weighted by molar-refractivity contribution is -0.120. The second-order valence-corrected chi connectivity index (χ2v) is 7.72. The van der Waals surface area contributed by atoms with E-state index in [1.165, 1.54) is 17.3 Å². The monoisotopic (exact) mass is 365 g/mol. The van der Waals surface area contributed by atoms with Gasteiger partial charge in [-0.15, -0.1) is 0 Å². The number of carbonyl (C=O) groups is 1. The molecule has 2 aromatic carbocycles. The third kappa shape index (κ3) is 4.82. The summed E-state index contributed by atoms with van der Waals surface area (Å²) in [6.07, 6.45) is 3.43. The lowest BCUT2D eigenvalue weighted by Crippen LogP contribution is -2.37. The highest BCUT2D eigenvalue weighted by atomic mass is 32.2. The van der Waals surface area contributed by atoms with Crippen LogP contribution in [0, 0.1) is 0 Å². The minimum absolute atomic E-state index is 0.0401. The number of hydrogen-bond donors (Lipinski definition) is 1. The van der Waals surface area contributed by atoms with Crippen molar-refractivity contribution >= 4 is 28.6 Å². The van der Waals surface area contributed by atoms with Gasteiger partial charge in [-0.1, -0.05) is 60.3 Å². The number of nitrogens with zero attached hydrogens (tertiary/aromatic N) is 2. The molecule has 26 heavy (non-hydrogen) atoms. The van der Waals surface area contributed by atoms with Crippen LogP contribution in [0.1, 0.15) is 25.8 Å². The highest BCUT2D eigenvalue weighted by Gasteiger charge is 2.18. The second-order valence-electron chi connectivity index (χ2n) is 6.39. The lowest BCUT2D eigenvalue weighted by atomic mass is 10.1. The predicted molar refractivity (Wildman–Crippen MR) is 107 cm³/mol. The van der Waals surface area contributed by atoms with Crippen LogP contribution in [0.25, 0.3) is 10.9 Å². The molecule has 0 bridgehead atoms. The summed E-state index contributed by atoms with van der Waals surface area (Å²) in [7, 11) is 0. The molecule has 0 saturated carbocycles. The molecule has 0 saturated heterocycles. The first-order chi connectivity index (χ1) is 12.6. The first-order valence-corrected chi connectivity index (χ1v) is 9.72. The predicted octanol–water partition coefficient (Wildman–Crippen LogP) is 4.25. The molecule has 134 valence electrons. The average molecular weight is 366 g/mol. The molecule has 0 aliphatic carbocycles. The molecule has 0 radical (unpaired) electrons. The molecule has 1 N–H and O–H groups in total. The van der Waals surface area contributed by atoms with E-state index < -0.39 is 0 Å². The quantitative estimate of drug-likeness (QED) is 0.502. The van der Waals surface area contributed by atoms with Crippen molar-refractivity contribution in [1.82, 2.24) is 15.3 Å². The standard InChI is InChI=1S/C21H23N3OS/c1-15(12-13-17-8-4-3-5-9-17)24-20(25)16(2)26-21-18-10-6-7-11-19(18)22-14-23-21/h3-11,14-16H,12-13H2,1-2H3,(H,24,25). The molecule has 1 amide bonds. The van der Waals surface area contributed by atoms with E-state index in [0.29, 0.717) is 0 Å². The number of aryl methyl sites for hydroxylation is 1. The maximum atomic E-state index is 12.5. The van der Waals surface area contributed by atoms with Gasteiger partial charge in [-0.25, -0.2) is 9.97 Å². The molecule has 3 aromatic rings. The van der Waals surface area contributed by atoms with Crippen LogP contribution in [-0.4, -0.2) is 27.2 Å². The third-order valence-corrected chi connectivity index (χ3v) is 5.38. The van der Waals surface area contributed by atoms with Crippen molar-refractivity contribution in [2.24, 2.45) is 0 Å². The maximum absolute atomic E-state index is 12.5. The number of carbonyl (C=O) groups excluding carboxylic acids is 1. The Morgan fingerprint density at radius 3 is 2.58 bits per heavy atom. The summed E-state index contributed by atoms with van der Waals surface area (Å²) in [5.74, 6) is 0.0401. The molecule has 0 spiro atoms. The lowest BCUT2D eigenvalue weighted by Gasteiger charge is -2.17. The van der Waals surface area contributed by atoms with Crippen LogP contribution in [0.2, 0.25) is 0 Å². The van der Waals surface area contributed by atoms with Gasteiger partial charge in [0.2, 0.25) is 5.91 Å². The van der Waals surface area contributed by atoms with Crippen molar-refractivity contribution in [3.63, 3.8) is 0 Å². The first kappa shape index (κ1) is 18.4. The van der Waals surface area contributed by atoms with Crippen molar-refractivity contribution in [2.45, 2.75) is 43.0 Å². The fourth-order valence-electron chi connectivity index (χ4n) is 2.76. The number of nitrogens with one attached hydrogen (secondary N) is 1. The molecule has 0 aliphatic rings. The molecule has 5 heteroatoms. The van der Waals surface area contributed by atoms with Crippen molar-refractivity contribution in [3.05, 3.63) is 66.5 Å². The molecule has 3 rings (SSSR count). The molecule has 4 nitrogen and oxygen atoms in total. The third-order valence-electron chi connectivity index (χ3n) is 4.26. The van der Waals surface area contributed by atoms with Gasteiger partial charge in [-0.3, -0.25) is 4.79 Å². The Hall–Kier alpha value is -2.40. The zero-order valence-electron chi connectivity index (χ0n) is 15.1. The number of rotatable bonds is 7. The Labute approximate surface area is 158 Å². The fourth-order valence-corrected chi connectivity index (χ4v) is 3.67. The van der Waals surface area contributed by atoms with Gasteiger partial charge in [0.1, 0.15) is 11.4 Å². The summed E-state index contributed by atoms with van der Waals surface area (Å²) in [4.78, 5) is 21.2.